The summed E-state index contributed by atoms with van der Waals surface area (Å²) in [6, 6.07) is 0.682. The summed E-state index contributed by atoms with van der Waals surface area (Å²) in [6.45, 7) is 2.00. The Morgan fingerprint density at radius 3 is 3.25 bits per heavy atom. The summed E-state index contributed by atoms with van der Waals surface area (Å²) in [4.78, 5) is 0. The number of fused-ring (bicyclic) bond motifs is 1. The van der Waals surface area contributed by atoms with Gasteiger partial charge in [-0.3, -0.25) is 0 Å². The summed E-state index contributed by atoms with van der Waals surface area (Å²) in [5, 5.41) is 12.2. The Morgan fingerprint density at radius 2 is 2.38 bits per heavy atom. The number of nitrogens with zero attached hydrogens (tertiary/aromatic N) is 3. The first-order valence-corrected chi connectivity index (χ1v) is 7.31. The number of aromatic nitrogens is 3. The molecule has 88 valence electrons. The van der Waals surface area contributed by atoms with Crippen molar-refractivity contribution in [2.45, 2.75) is 44.8 Å². The molecule has 0 bridgehead atoms. The van der Waals surface area contributed by atoms with E-state index in [1.165, 1.54) is 36.6 Å². The molecule has 1 unspecified atom stereocenters. The normalized spacial score (nSPS) is 24.6. The molecule has 4 nitrogen and oxygen atoms in total. The van der Waals surface area contributed by atoms with Gasteiger partial charge in [0.1, 0.15) is 11.6 Å². The molecule has 2 aliphatic heterocycles. The Balaban J connectivity index is 1.63. The average Bonchev–Trinajstić information content (AvgIpc) is 2.96. The van der Waals surface area contributed by atoms with Crippen LogP contribution in [0, 0.1) is 0 Å². The fourth-order valence-corrected chi connectivity index (χ4v) is 3.62. The summed E-state index contributed by atoms with van der Waals surface area (Å²) >= 11 is 2.04. The summed E-state index contributed by atoms with van der Waals surface area (Å²) in [6.07, 6.45) is 4.94. The van der Waals surface area contributed by atoms with Crippen LogP contribution in [0.25, 0.3) is 0 Å². The van der Waals surface area contributed by atoms with Crippen LogP contribution >= 0.6 is 11.8 Å². The number of hydrogen-bond acceptors (Lipinski definition) is 4. The van der Waals surface area contributed by atoms with Gasteiger partial charge in [0.2, 0.25) is 0 Å². The van der Waals surface area contributed by atoms with Gasteiger partial charge in [-0.15, -0.1) is 10.2 Å². The molecule has 1 aromatic heterocycles. The van der Waals surface area contributed by atoms with Gasteiger partial charge in [0, 0.05) is 24.8 Å². The highest BCUT2D eigenvalue weighted by Gasteiger charge is 2.18. The second-order valence-corrected chi connectivity index (χ2v) is 5.73. The molecule has 1 aromatic rings. The number of nitrogens with one attached hydrogen (secondary N) is 1. The van der Waals surface area contributed by atoms with Crippen LogP contribution in [0.15, 0.2) is 0 Å². The SMILES string of the molecule is C1CCn2c(nnc2CNC2CCSC2)C1. The number of rotatable bonds is 3. The van der Waals surface area contributed by atoms with Crippen molar-refractivity contribution < 1.29 is 0 Å². The van der Waals surface area contributed by atoms with E-state index in [1.807, 2.05) is 11.8 Å². The van der Waals surface area contributed by atoms with E-state index < -0.39 is 0 Å². The lowest BCUT2D eigenvalue weighted by atomic mass is 10.1. The van der Waals surface area contributed by atoms with Gasteiger partial charge in [0.15, 0.2) is 0 Å². The van der Waals surface area contributed by atoms with Crippen LogP contribution in [-0.4, -0.2) is 32.3 Å². The molecule has 1 atom stereocenters. The zero-order valence-corrected chi connectivity index (χ0v) is 10.3. The number of aryl methyl sites for hydroxylation is 1. The maximum absolute atomic E-state index is 4.30. The van der Waals surface area contributed by atoms with E-state index in [9.17, 15) is 0 Å². The molecule has 0 amide bonds. The highest BCUT2D eigenvalue weighted by Crippen LogP contribution is 2.18. The molecular weight excluding hydrogens is 220 g/mol. The molecule has 0 spiro atoms. The van der Waals surface area contributed by atoms with Crippen molar-refractivity contribution in [3.05, 3.63) is 11.6 Å². The fraction of sp³-hybridized carbons (Fsp3) is 0.818. The minimum absolute atomic E-state index is 0.682. The first-order chi connectivity index (χ1) is 7.93. The molecule has 16 heavy (non-hydrogen) atoms. The second kappa shape index (κ2) is 4.75. The van der Waals surface area contributed by atoms with E-state index in [2.05, 4.69) is 20.1 Å². The quantitative estimate of drug-likeness (QED) is 0.859. The molecule has 1 saturated heterocycles. The van der Waals surface area contributed by atoms with Crippen LogP contribution in [0.3, 0.4) is 0 Å². The molecule has 0 aliphatic carbocycles. The van der Waals surface area contributed by atoms with Crippen molar-refractivity contribution in [2.24, 2.45) is 0 Å². The van der Waals surface area contributed by atoms with Gasteiger partial charge in [0.25, 0.3) is 0 Å². The van der Waals surface area contributed by atoms with Crippen LogP contribution in [0.2, 0.25) is 0 Å². The lowest BCUT2D eigenvalue weighted by Crippen LogP contribution is -2.29. The minimum Gasteiger partial charge on any atom is -0.314 e. The molecular formula is C11H18N4S. The standard InChI is InChI=1S/C11H18N4S/c1-2-5-15-10(3-1)13-14-11(15)7-12-9-4-6-16-8-9/h9,12H,1-8H2. The summed E-state index contributed by atoms with van der Waals surface area (Å²) in [5.41, 5.74) is 0. The Hall–Kier alpha value is -0.550. The van der Waals surface area contributed by atoms with Crippen molar-refractivity contribution in [3.8, 4) is 0 Å². The smallest absolute Gasteiger partial charge is 0.147 e. The van der Waals surface area contributed by atoms with E-state index >= 15 is 0 Å². The second-order valence-electron chi connectivity index (χ2n) is 4.58. The molecule has 2 aliphatic rings. The van der Waals surface area contributed by atoms with E-state index in [-0.39, 0.29) is 0 Å². The van der Waals surface area contributed by atoms with Crippen LogP contribution < -0.4 is 5.32 Å². The Labute approximate surface area is 100 Å². The van der Waals surface area contributed by atoms with Gasteiger partial charge < -0.3 is 9.88 Å². The van der Waals surface area contributed by atoms with E-state index in [0.717, 1.165) is 25.3 Å². The first-order valence-electron chi connectivity index (χ1n) is 6.15. The van der Waals surface area contributed by atoms with Crippen LogP contribution in [0.1, 0.15) is 30.9 Å². The monoisotopic (exact) mass is 238 g/mol. The molecule has 0 aromatic carbocycles. The summed E-state index contributed by atoms with van der Waals surface area (Å²) in [5.74, 6) is 4.87. The number of hydrogen-bond donors (Lipinski definition) is 1. The van der Waals surface area contributed by atoms with Gasteiger partial charge in [-0.1, -0.05) is 0 Å². The third kappa shape index (κ3) is 2.11. The number of thioether (sulfide) groups is 1. The van der Waals surface area contributed by atoms with Crippen LogP contribution in [-0.2, 0) is 19.5 Å². The van der Waals surface area contributed by atoms with Gasteiger partial charge >= 0.3 is 0 Å². The lowest BCUT2D eigenvalue weighted by Gasteiger charge is -2.16. The van der Waals surface area contributed by atoms with E-state index in [4.69, 9.17) is 0 Å². The molecule has 3 rings (SSSR count). The van der Waals surface area contributed by atoms with Gasteiger partial charge in [-0.25, -0.2) is 0 Å². The van der Waals surface area contributed by atoms with Gasteiger partial charge in [-0.05, 0) is 25.0 Å². The zero-order chi connectivity index (χ0) is 10.8. The largest absolute Gasteiger partial charge is 0.314 e. The minimum atomic E-state index is 0.682. The maximum atomic E-state index is 4.30. The average molecular weight is 238 g/mol. The topological polar surface area (TPSA) is 42.7 Å². The van der Waals surface area contributed by atoms with Gasteiger partial charge in [-0.2, -0.15) is 11.8 Å². The maximum Gasteiger partial charge on any atom is 0.147 e. The van der Waals surface area contributed by atoms with Crippen molar-refractivity contribution in [1.82, 2.24) is 20.1 Å². The lowest BCUT2D eigenvalue weighted by molar-refractivity contribution is 0.481. The third-order valence-electron chi connectivity index (χ3n) is 3.41. The molecule has 1 N–H and O–H groups in total. The molecule has 0 radical (unpaired) electrons. The van der Waals surface area contributed by atoms with Crippen molar-refractivity contribution in [2.75, 3.05) is 11.5 Å². The highest BCUT2D eigenvalue weighted by molar-refractivity contribution is 7.99. The molecule has 1 fully saturated rings. The zero-order valence-electron chi connectivity index (χ0n) is 9.48. The Kier molecular flexibility index (Phi) is 3.15. The van der Waals surface area contributed by atoms with Crippen LogP contribution in [0.4, 0.5) is 0 Å². The fourth-order valence-electron chi connectivity index (χ4n) is 2.43. The van der Waals surface area contributed by atoms with Crippen molar-refractivity contribution in [3.63, 3.8) is 0 Å². The molecule has 5 heteroatoms. The molecule has 3 heterocycles. The van der Waals surface area contributed by atoms with Crippen molar-refractivity contribution in [1.29, 1.82) is 0 Å². The highest BCUT2D eigenvalue weighted by atomic mass is 32.2. The van der Waals surface area contributed by atoms with E-state index in [1.54, 1.807) is 0 Å². The first kappa shape index (κ1) is 10.6. The predicted octanol–water partition coefficient (Wildman–Crippen LogP) is 1.21. The van der Waals surface area contributed by atoms with Gasteiger partial charge in [0.05, 0.1) is 6.54 Å². The predicted molar refractivity (Wildman–Crippen MR) is 65.5 cm³/mol. The molecule has 0 saturated carbocycles. The third-order valence-corrected chi connectivity index (χ3v) is 4.58. The Bertz CT molecular complexity index is 357. The van der Waals surface area contributed by atoms with Crippen molar-refractivity contribution >= 4 is 11.8 Å². The summed E-state index contributed by atoms with van der Waals surface area (Å²) < 4.78 is 2.30. The van der Waals surface area contributed by atoms with Crippen LogP contribution in [0.5, 0.6) is 0 Å². The van der Waals surface area contributed by atoms with E-state index in [0.29, 0.717) is 6.04 Å². The summed E-state index contributed by atoms with van der Waals surface area (Å²) in [7, 11) is 0. The Morgan fingerprint density at radius 1 is 1.38 bits per heavy atom.